The van der Waals surface area contributed by atoms with Crippen molar-refractivity contribution < 1.29 is 23.4 Å². The van der Waals surface area contributed by atoms with Crippen molar-refractivity contribution in [3.8, 4) is 17.2 Å². The predicted molar refractivity (Wildman–Crippen MR) is 117 cm³/mol. The summed E-state index contributed by atoms with van der Waals surface area (Å²) in [6, 6.07) is 5.11. The van der Waals surface area contributed by atoms with Crippen molar-refractivity contribution in [2.75, 3.05) is 6.61 Å². The highest BCUT2D eigenvalue weighted by Gasteiger charge is 2.20. The third-order valence-electron chi connectivity index (χ3n) is 4.16. The Morgan fingerprint density at radius 3 is 2.47 bits per heavy atom. The largest absolute Gasteiger partial charge is 0.491 e. The van der Waals surface area contributed by atoms with Crippen LogP contribution >= 0.6 is 0 Å². The first kappa shape index (κ1) is 23.3. The van der Waals surface area contributed by atoms with Crippen molar-refractivity contribution in [1.82, 2.24) is 0 Å². The monoisotopic (exact) mass is 414 g/mol. The van der Waals surface area contributed by atoms with E-state index in [9.17, 15) is 9.59 Å². The number of carbonyl (C=O) groups excluding carboxylic acids is 1. The van der Waals surface area contributed by atoms with Gasteiger partial charge in [-0.05, 0) is 65.7 Å². The second-order valence-electron chi connectivity index (χ2n) is 7.65. The minimum absolute atomic E-state index is 0.0235. The van der Waals surface area contributed by atoms with Crippen LogP contribution in [-0.2, 0) is 4.79 Å². The zero-order valence-electron chi connectivity index (χ0n) is 18.5. The van der Waals surface area contributed by atoms with Crippen LogP contribution in [0.1, 0.15) is 54.4 Å². The van der Waals surface area contributed by atoms with Crippen LogP contribution in [0.25, 0.3) is 11.0 Å². The summed E-state index contributed by atoms with van der Waals surface area (Å²) in [4.78, 5) is 23.9. The van der Waals surface area contributed by atoms with Crippen molar-refractivity contribution in [2.45, 2.75) is 60.5 Å². The van der Waals surface area contributed by atoms with E-state index in [2.05, 4.69) is 19.9 Å². The molecule has 6 nitrogen and oxygen atoms in total. The Kier molecular flexibility index (Phi) is 8.27. The summed E-state index contributed by atoms with van der Waals surface area (Å²) in [5.74, 6) is -0.120. The fourth-order valence-corrected chi connectivity index (χ4v) is 2.81. The van der Waals surface area contributed by atoms with Gasteiger partial charge in [-0.3, -0.25) is 4.79 Å². The molecule has 0 saturated heterocycles. The molecule has 2 rings (SSSR count). The molecule has 162 valence electrons. The predicted octanol–water partition coefficient (Wildman–Crippen LogP) is 5.58. The minimum Gasteiger partial charge on any atom is -0.491 e. The zero-order chi connectivity index (χ0) is 22.3. The Morgan fingerprint density at radius 2 is 1.83 bits per heavy atom. The number of hydrogen-bond acceptors (Lipinski definition) is 6. The molecule has 0 N–H and O–H groups in total. The van der Waals surface area contributed by atoms with Crippen LogP contribution in [0.15, 0.2) is 50.7 Å². The van der Waals surface area contributed by atoms with Gasteiger partial charge in [0, 0.05) is 13.0 Å². The fraction of sp³-hybridized carbons (Fsp3) is 0.417. The summed E-state index contributed by atoms with van der Waals surface area (Å²) >= 11 is 0. The number of ether oxygens (including phenoxy) is 3. The molecule has 0 bridgehead atoms. The molecule has 1 aromatic carbocycles. The lowest BCUT2D eigenvalue weighted by atomic mass is 10.1. The van der Waals surface area contributed by atoms with Crippen LogP contribution in [0.5, 0.6) is 17.2 Å². The van der Waals surface area contributed by atoms with Crippen LogP contribution in [0, 0.1) is 0 Å². The Balaban J connectivity index is 2.35. The Hall–Kier alpha value is -3.02. The Bertz CT molecular complexity index is 1010. The molecule has 1 aromatic heterocycles. The van der Waals surface area contributed by atoms with Gasteiger partial charge in [-0.1, -0.05) is 17.2 Å². The summed E-state index contributed by atoms with van der Waals surface area (Å²) in [6.45, 7) is 11.4. The van der Waals surface area contributed by atoms with E-state index in [1.54, 1.807) is 18.2 Å². The molecule has 2 aromatic rings. The first-order valence-electron chi connectivity index (χ1n) is 10.0. The highest BCUT2D eigenvalue weighted by molar-refractivity contribution is 5.87. The lowest BCUT2D eigenvalue weighted by Gasteiger charge is -2.13. The molecule has 0 aliphatic carbocycles. The fourth-order valence-electron chi connectivity index (χ4n) is 2.81. The molecule has 0 saturated carbocycles. The van der Waals surface area contributed by atoms with E-state index in [4.69, 9.17) is 18.6 Å². The molecular formula is C24H30O6. The minimum atomic E-state index is -0.779. The van der Waals surface area contributed by atoms with Gasteiger partial charge >= 0.3 is 11.6 Å². The SMILES string of the molecule is CC(=O)Oc1c(OCC=C(C)CCC=C(C)C)c2ccc(OC(C)C)cc2oc1=O. The molecule has 0 aliphatic rings. The molecule has 1 heterocycles. The van der Waals surface area contributed by atoms with E-state index in [1.165, 1.54) is 18.1 Å². The molecule has 6 heteroatoms. The van der Waals surface area contributed by atoms with Crippen LogP contribution in [0.3, 0.4) is 0 Å². The van der Waals surface area contributed by atoms with Gasteiger partial charge in [0.15, 0.2) is 5.75 Å². The number of benzene rings is 1. The Morgan fingerprint density at radius 1 is 1.10 bits per heavy atom. The molecule has 0 aliphatic heterocycles. The molecule has 0 unspecified atom stereocenters. The summed E-state index contributed by atoms with van der Waals surface area (Å²) in [6.07, 6.45) is 5.99. The number of rotatable bonds is 9. The molecule has 30 heavy (non-hydrogen) atoms. The van der Waals surface area contributed by atoms with Gasteiger partial charge in [-0.15, -0.1) is 0 Å². The summed E-state index contributed by atoms with van der Waals surface area (Å²) in [5, 5.41) is 0.526. The highest BCUT2D eigenvalue weighted by Crippen LogP contribution is 2.35. The van der Waals surface area contributed by atoms with Crippen LogP contribution < -0.4 is 19.8 Å². The van der Waals surface area contributed by atoms with Crippen LogP contribution in [0.2, 0.25) is 0 Å². The second-order valence-corrected chi connectivity index (χ2v) is 7.65. The third kappa shape index (κ3) is 6.79. The highest BCUT2D eigenvalue weighted by atomic mass is 16.6. The van der Waals surface area contributed by atoms with Gasteiger partial charge in [0.2, 0.25) is 0 Å². The maximum atomic E-state index is 12.4. The second kappa shape index (κ2) is 10.7. The van der Waals surface area contributed by atoms with Crippen LogP contribution in [0.4, 0.5) is 0 Å². The maximum absolute atomic E-state index is 12.4. The molecule has 0 fully saturated rings. The summed E-state index contributed by atoms with van der Waals surface area (Å²) in [5.41, 5.74) is 1.97. The van der Waals surface area contributed by atoms with Gasteiger partial charge < -0.3 is 18.6 Å². The van der Waals surface area contributed by atoms with E-state index < -0.39 is 11.6 Å². The van der Waals surface area contributed by atoms with Gasteiger partial charge in [-0.25, -0.2) is 4.79 Å². The molecule has 0 amide bonds. The summed E-state index contributed by atoms with van der Waals surface area (Å²) in [7, 11) is 0. The van der Waals surface area contributed by atoms with E-state index in [0.717, 1.165) is 12.8 Å². The maximum Gasteiger partial charge on any atom is 0.383 e. The average molecular weight is 414 g/mol. The molecule has 0 spiro atoms. The van der Waals surface area contributed by atoms with Crippen molar-refractivity contribution in [2.24, 2.45) is 0 Å². The third-order valence-corrected chi connectivity index (χ3v) is 4.16. The zero-order valence-corrected chi connectivity index (χ0v) is 18.5. The molecule has 0 atom stereocenters. The van der Waals surface area contributed by atoms with Crippen molar-refractivity contribution in [1.29, 1.82) is 0 Å². The van der Waals surface area contributed by atoms with Gasteiger partial charge in [0.1, 0.15) is 17.9 Å². The first-order valence-corrected chi connectivity index (χ1v) is 10.0. The smallest absolute Gasteiger partial charge is 0.383 e. The number of esters is 1. The first-order chi connectivity index (χ1) is 14.2. The van der Waals surface area contributed by atoms with Crippen molar-refractivity contribution in [3.63, 3.8) is 0 Å². The number of fused-ring (bicyclic) bond motifs is 1. The quantitative estimate of drug-likeness (QED) is 0.303. The number of allylic oxidation sites excluding steroid dienone is 3. The average Bonchev–Trinajstić information content (AvgIpc) is 2.62. The van der Waals surface area contributed by atoms with Crippen molar-refractivity contribution in [3.05, 3.63) is 51.9 Å². The summed E-state index contributed by atoms with van der Waals surface area (Å²) < 4.78 is 22.0. The normalized spacial score (nSPS) is 11.5. The van der Waals surface area contributed by atoms with Crippen molar-refractivity contribution >= 4 is 16.9 Å². The van der Waals surface area contributed by atoms with Gasteiger partial charge in [0.25, 0.3) is 5.75 Å². The Labute approximate surface area is 177 Å². The molecule has 0 radical (unpaired) electrons. The lowest BCUT2D eigenvalue weighted by Crippen LogP contribution is -2.13. The number of hydrogen-bond donors (Lipinski definition) is 0. The number of carbonyl (C=O) groups is 1. The topological polar surface area (TPSA) is 75.0 Å². The van der Waals surface area contributed by atoms with E-state index in [-0.39, 0.29) is 24.2 Å². The molecular weight excluding hydrogens is 384 g/mol. The standard InChI is InChI=1S/C24H30O6/c1-15(2)8-7-9-17(5)12-13-27-22-20-11-10-19(28-16(3)4)14-21(20)30-24(26)23(22)29-18(6)25/h8,10-12,14,16H,7,9,13H2,1-6H3. The van der Waals surface area contributed by atoms with Gasteiger partial charge in [-0.2, -0.15) is 0 Å². The van der Waals surface area contributed by atoms with E-state index in [0.29, 0.717) is 16.7 Å². The van der Waals surface area contributed by atoms with Crippen LogP contribution in [-0.4, -0.2) is 18.7 Å². The van der Waals surface area contributed by atoms with E-state index in [1.807, 2.05) is 26.8 Å². The lowest BCUT2D eigenvalue weighted by molar-refractivity contribution is -0.132. The van der Waals surface area contributed by atoms with Gasteiger partial charge in [0.05, 0.1) is 11.5 Å². The van der Waals surface area contributed by atoms with E-state index >= 15 is 0 Å².